The van der Waals surface area contributed by atoms with E-state index in [0.717, 1.165) is 0 Å². The fourth-order valence-corrected chi connectivity index (χ4v) is 1.37. The highest BCUT2D eigenvalue weighted by Gasteiger charge is 2.13. The van der Waals surface area contributed by atoms with Gasteiger partial charge in [-0.25, -0.2) is 4.79 Å². The number of nitrogens with one attached hydrogen (secondary N) is 1. The number of amides is 1. The lowest BCUT2D eigenvalue weighted by atomic mass is 10.1. The van der Waals surface area contributed by atoms with Gasteiger partial charge in [0.1, 0.15) is 0 Å². The SMILES string of the molecule is COCCC(=O)Nc1cccc(C(=O)OC)c1N. The van der Waals surface area contributed by atoms with Crippen molar-refractivity contribution in [1.29, 1.82) is 0 Å². The summed E-state index contributed by atoms with van der Waals surface area (Å²) in [6, 6.07) is 4.77. The first-order valence-corrected chi connectivity index (χ1v) is 5.35. The van der Waals surface area contributed by atoms with Gasteiger partial charge in [0.25, 0.3) is 0 Å². The predicted molar refractivity (Wildman–Crippen MR) is 67.3 cm³/mol. The van der Waals surface area contributed by atoms with E-state index in [4.69, 9.17) is 10.5 Å². The molecule has 0 fully saturated rings. The van der Waals surface area contributed by atoms with Crippen LogP contribution in [0.5, 0.6) is 0 Å². The third-order valence-corrected chi connectivity index (χ3v) is 2.32. The van der Waals surface area contributed by atoms with Crippen LogP contribution in [0, 0.1) is 0 Å². The van der Waals surface area contributed by atoms with Gasteiger partial charge in [0.2, 0.25) is 5.91 Å². The maximum absolute atomic E-state index is 11.5. The van der Waals surface area contributed by atoms with Gasteiger partial charge >= 0.3 is 5.97 Å². The standard InChI is InChI=1S/C12H16N2O4/c1-17-7-6-10(15)14-9-5-3-4-8(11(9)13)12(16)18-2/h3-5H,6-7,13H2,1-2H3,(H,14,15). The molecule has 0 heterocycles. The van der Waals surface area contributed by atoms with Crippen LogP contribution >= 0.6 is 0 Å². The third-order valence-electron chi connectivity index (χ3n) is 2.32. The Bertz CT molecular complexity index is 446. The first-order valence-electron chi connectivity index (χ1n) is 5.35. The number of hydrogen-bond acceptors (Lipinski definition) is 5. The molecule has 1 rings (SSSR count). The van der Waals surface area contributed by atoms with E-state index in [9.17, 15) is 9.59 Å². The molecule has 0 spiro atoms. The summed E-state index contributed by atoms with van der Waals surface area (Å²) >= 11 is 0. The number of nitrogen functional groups attached to an aromatic ring is 1. The molecule has 0 aromatic heterocycles. The number of para-hydroxylation sites is 1. The van der Waals surface area contributed by atoms with Crippen molar-refractivity contribution in [2.45, 2.75) is 6.42 Å². The molecule has 0 saturated carbocycles. The van der Waals surface area contributed by atoms with Crippen LogP contribution in [-0.4, -0.2) is 32.7 Å². The Morgan fingerprint density at radius 3 is 2.67 bits per heavy atom. The van der Waals surface area contributed by atoms with Gasteiger partial charge in [-0.05, 0) is 12.1 Å². The largest absolute Gasteiger partial charge is 0.465 e. The molecule has 0 saturated heterocycles. The number of hydrogen-bond donors (Lipinski definition) is 2. The van der Waals surface area contributed by atoms with Gasteiger partial charge in [0.05, 0.1) is 37.1 Å². The maximum Gasteiger partial charge on any atom is 0.340 e. The zero-order chi connectivity index (χ0) is 13.5. The summed E-state index contributed by atoms with van der Waals surface area (Å²) in [7, 11) is 2.78. The van der Waals surface area contributed by atoms with Gasteiger partial charge in [-0.3, -0.25) is 4.79 Å². The second kappa shape index (κ2) is 6.61. The summed E-state index contributed by atoms with van der Waals surface area (Å²) in [5.41, 5.74) is 6.59. The zero-order valence-corrected chi connectivity index (χ0v) is 10.4. The van der Waals surface area contributed by atoms with Gasteiger partial charge in [0.15, 0.2) is 0 Å². The molecule has 6 heteroatoms. The highest BCUT2D eigenvalue weighted by molar-refractivity contribution is 6.02. The van der Waals surface area contributed by atoms with E-state index in [-0.39, 0.29) is 23.6 Å². The van der Waals surface area contributed by atoms with Crippen molar-refractivity contribution < 1.29 is 19.1 Å². The predicted octanol–water partition coefficient (Wildman–Crippen LogP) is 1.03. The van der Waals surface area contributed by atoms with Gasteiger partial charge < -0.3 is 20.5 Å². The van der Waals surface area contributed by atoms with Gasteiger partial charge in [-0.15, -0.1) is 0 Å². The molecule has 18 heavy (non-hydrogen) atoms. The molecule has 1 aromatic carbocycles. The van der Waals surface area contributed by atoms with Crippen molar-refractivity contribution in [3.63, 3.8) is 0 Å². The minimum Gasteiger partial charge on any atom is -0.465 e. The van der Waals surface area contributed by atoms with Crippen LogP contribution in [0.25, 0.3) is 0 Å². The normalized spacial score (nSPS) is 9.89. The molecule has 98 valence electrons. The van der Waals surface area contributed by atoms with E-state index >= 15 is 0 Å². The first-order chi connectivity index (χ1) is 8.60. The summed E-state index contributed by atoms with van der Waals surface area (Å²) in [5, 5.41) is 2.61. The number of benzene rings is 1. The molecular formula is C12H16N2O4. The molecule has 0 aliphatic carbocycles. The first kappa shape index (κ1) is 14.0. The Balaban J connectivity index is 2.84. The molecule has 0 bridgehead atoms. The summed E-state index contributed by atoms with van der Waals surface area (Å²) in [5.74, 6) is -0.772. The van der Waals surface area contributed by atoms with Crippen LogP contribution in [0.3, 0.4) is 0 Å². The van der Waals surface area contributed by atoms with Gasteiger partial charge in [-0.2, -0.15) is 0 Å². The molecule has 1 aromatic rings. The molecular weight excluding hydrogens is 236 g/mol. The molecule has 0 atom stereocenters. The smallest absolute Gasteiger partial charge is 0.340 e. The third kappa shape index (κ3) is 3.46. The summed E-state index contributed by atoms with van der Waals surface area (Å²) in [6.45, 7) is 0.322. The van der Waals surface area contributed by atoms with Crippen molar-refractivity contribution in [3.05, 3.63) is 23.8 Å². The Morgan fingerprint density at radius 1 is 1.33 bits per heavy atom. The van der Waals surface area contributed by atoms with Gasteiger partial charge in [-0.1, -0.05) is 6.07 Å². The van der Waals surface area contributed by atoms with E-state index in [0.29, 0.717) is 12.3 Å². The number of esters is 1. The van der Waals surface area contributed by atoms with E-state index in [1.807, 2.05) is 0 Å². The molecule has 0 aliphatic heterocycles. The fourth-order valence-electron chi connectivity index (χ4n) is 1.37. The maximum atomic E-state index is 11.5. The average Bonchev–Trinajstić information content (AvgIpc) is 2.38. The molecule has 1 amide bonds. The van der Waals surface area contributed by atoms with Crippen molar-refractivity contribution in [1.82, 2.24) is 0 Å². The van der Waals surface area contributed by atoms with Crippen molar-refractivity contribution in [3.8, 4) is 0 Å². The van der Waals surface area contributed by atoms with Crippen LogP contribution in [-0.2, 0) is 14.3 Å². The summed E-state index contributed by atoms with van der Waals surface area (Å²) in [6.07, 6.45) is 0.221. The van der Waals surface area contributed by atoms with E-state index < -0.39 is 5.97 Å². The van der Waals surface area contributed by atoms with Crippen molar-refractivity contribution in [2.24, 2.45) is 0 Å². The topological polar surface area (TPSA) is 90.6 Å². The van der Waals surface area contributed by atoms with Crippen LogP contribution in [0.15, 0.2) is 18.2 Å². The Hall–Kier alpha value is -2.08. The van der Waals surface area contributed by atoms with Crippen molar-refractivity contribution >= 4 is 23.3 Å². The van der Waals surface area contributed by atoms with Crippen LogP contribution in [0.1, 0.15) is 16.8 Å². The highest BCUT2D eigenvalue weighted by Crippen LogP contribution is 2.23. The number of ether oxygens (including phenoxy) is 2. The van der Waals surface area contributed by atoms with E-state index in [2.05, 4.69) is 10.1 Å². The van der Waals surface area contributed by atoms with E-state index in [1.54, 1.807) is 12.1 Å². The molecule has 0 radical (unpaired) electrons. The summed E-state index contributed by atoms with van der Waals surface area (Å²) < 4.78 is 9.38. The lowest BCUT2D eigenvalue weighted by Crippen LogP contribution is -2.16. The number of nitrogens with two attached hydrogens (primary N) is 1. The molecule has 0 aliphatic rings. The zero-order valence-electron chi connectivity index (χ0n) is 10.4. The van der Waals surface area contributed by atoms with E-state index in [1.165, 1.54) is 20.3 Å². The van der Waals surface area contributed by atoms with Gasteiger partial charge in [0, 0.05) is 7.11 Å². The average molecular weight is 252 g/mol. The van der Waals surface area contributed by atoms with Crippen LogP contribution < -0.4 is 11.1 Å². The molecule has 3 N–H and O–H groups in total. The molecule has 0 unspecified atom stereocenters. The Kier molecular flexibility index (Phi) is 5.13. The van der Waals surface area contributed by atoms with Crippen LogP contribution in [0.4, 0.5) is 11.4 Å². The second-order valence-electron chi connectivity index (χ2n) is 3.55. The lowest BCUT2D eigenvalue weighted by Gasteiger charge is -2.10. The fraction of sp³-hybridized carbons (Fsp3) is 0.333. The number of carbonyl (C=O) groups is 2. The van der Waals surface area contributed by atoms with Crippen molar-refractivity contribution in [2.75, 3.05) is 31.9 Å². The number of rotatable bonds is 5. The number of methoxy groups -OCH3 is 2. The Labute approximate surface area is 105 Å². The quantitative estimate of drug-likeness (QED) is 0.603. The number of carbonyl (C=O) groups excluding carboxylic acids is 2. The molecule has 6 nitrogen and oxygen atoms in total. The summed E-state index contributed by atoms with van der Waals surface area (Å²) in [4.78, 5) is 22.9. The van der Waals surface area contributed by atoms with Crippen LogP contribution in [0.2, 0.25) is 0 Å². The second-order valence-corrected chi connectivity index (χ2v) is 3.55. The lowest BCUT2D eigenvalue weighted by molar-refractivity contribution is -0.117. The minimum absolute atomic E-state index is 0.190. The minimum atomic E-state index is -0.541. The number of anilines is 2. The highest BCUT2D eigenvalue weighted by atomic mass is 16.5. The monoisotopic (exact) mass is 252 g/mol. The Morgan fingerprint density at radius 2 is 2.06 bits per heavy atom.